The monoisotopic (exact) mass is 226 g/mol. The van der Waals surface area contributed by atoms with Gasteiger partial charge in [-0.25, -0.2) is 4.79 Å². The van der Waals surface area contributed by atoms with Crippen LogP contribution in [0.15, 0.2) is 0 Å². The molecule has 0 unspecified atom stereocenters. The Bertz CT molecular complexity index is 400. The molecule has 0 fully saturated rings. The van der Waals surface area contributed by atoms with Gasteiger partial charge in [0.1, 0.15) is 0 Å². The Morgan fingerprint density at radius 2 is 2.50 bits per heavy atom. The van der Waals surface area contributed by atoms with Gasteiger partial charge in [-0.05, 0) is 0 Å². The van der Waals surface area contributed by atoms with Gasteiger partial charge in [0.25, 0.3) is 0 Å². The molecule has 1 aromatic heterocycles. The van der Waals surface area contributed by atoms with E-state index in [1.807, 2.05) is 0 Å². The maximum absolute atomic E-state index is 11.0. The summed E-state index contributed by atoms with van der Waals surface area (Å²) in [5, 5.41) is 13.1. The van der Waals surface area contributed by atoms with Crippen molar-refractivity contribution in [2.75, 3.05) is 20.3 Å². The fourth-order valence-electron chi connectivity index (χ4n) is 1.84. The van der Waals surface area contributed by atoms with Gasteiger partial charge < -0.3 is 14.6 Å². The van der Waals surface area contributed by atoms with E-state index in [9.17, 15) is 4.79 Å². The highest BCUT2D eigenvalue weighted by molar-refractivity contribution is 5.87. The highest BCUT2D eigenvalue weighted by Gasteiger charge is 2.24. The molecule has 2 heterocycles. The lowest BCUT2D eigenvalue weighted by molar-refractivity contribution is 0.0677. The number of carboxylic acids is 1. The molecule has 0 spiro atoms. The van der Waals surface area contributed by atoms with Crippen molar-refractivity contribution in [2.24, 2.45) is 0 Å². The lowest BCUT2D eigenvalue weighted by Crippen LogP contribution is -2.15. The van der Waals surface area contributed by atoms with Crippen molar-refractivity contribution in [1.29, 1.82) is 0 Å². The van der Waals surface area contributed by atoms with Crippen molar-refractivity contribution < 1.29 is 19.4 Å². The Labute approximate surface area is 92.8 Å². The molecule has 0 atom stereocenters. The van der Waals surface area contributed by atoms with Crippen molar-refractivity contribution in [2.45, 2.75) is 19.6 Å². The van der Waals surface area contributed by atoms with Crippen LogP contribution in [0.4, 0.5) is 0 Å². The van der Waals surface area contributed by atoms with E-state index in [4.69, 9.17) is 14.6 Å². The van der Waals surface area contributed by atoms with E-state index in [0.29, 0.717) is 38.3 Å². The third-order valence-electron chi connectivity index (χ3n) is 2.61. The van der Waals surface area contributed by atoms with Crippen LogP contribution in [-0.4, -0.2) is 41.2 Å². The van der Waals surface area contributed by atoms with Crippen molar-refractivity contribution in [3.8, 4) is 0 Å². The summed E-state index contributed by atoms with van der Waals surface area (Å²) in [5.41, 5.74) is 1.77. The summed E-state index contributed by atoms with van der Waals surface area (Å²) in [6.45, 7) is 2.05. The lowest BCUT2D eigenvalue weighted by Gasteiger charge is -2.14. The first-order valence-corrected chi connectivity index (χ1v) is 5.12. The highest BCUT2D eigenvalue weighted by Crippen LogP contribution is 2.20. The highest BCUT2D eigenvalue weighted by atomic mass is 16.5. The molecule has 6 nitrogen and oxygen atoms in total. The summed E-state index contributed by atoms with van der Waals surface area (Å²) in [4.78, 5) is 11.0. The molecule has 1 aliphatic rings. The molecule has 2 rings (SSSR count). The number of ether oxygens (including phenoxy) is 2. The molecule has 1 aliphatic heterocycles. The molecular weight excluding hydrogens is 212 g/mol. The average molecular weight is 226 g/mol. The summed E-state index contributed by atoms with van der Waals surface area (Å²) >= 11 is 0. The van der Waals surface area contributed by atoms with Gasteiger partial charge in [0.2, 0.25) is 0 Å². The van der Waals surface area contributed by atoms with E-state index in [1.54, 1.807) is 11.8 Å². The Balaban J connectivity index is 2.34. The Morgan fingerprint density at radius 3 is 3.19 bits per heavy atom. The zero-order valence-electron chi connectivity index (χ0n) is 9.10. The van der Waals surface area contributed by atoms with E-state index in [0.717, 1.165) is 5.69 Å². The number of aromatic nitrogens is 2. The summed E-state index contributed by atoms with van der Waals surface area (Å²) in [6.07, 6.45) is 0.708. The predicted molar refractivity (Wildman–Crippen MR) is 54.4 cm³/mol. The first-order chi connectivity index (χ1) is 7.74. The quantitative estimate of drug-likeness (QED) is 0.799. The van der Waals surface area contributed by atoms with Gasteiger partial charge in [0, 0.05) is 24.8 Å². The second-order valence-corrected chi connectivity index (χ2v) is 3.60. The number of nitrogens with zero attached hydrogens (tertiary/aromatic N) is 2. The predicted octanol–water partition coefficient (Wildman–Crippen LogP) is 0.300. The van der Waals surface area contributed by atoms with E-state index in [1.165, 1.54) is 0 Å². The summed E-state index contributed by atoms with van der Waals surface area (Å²) in [6, 6.07) is 0. The molecule has 0 aliphatic carbocycles. The van der Waals surface area contributed by atoms with Crippen LogP contribution in [0.1, 0.15) is 21.7 Å². The molecule has 0 radical (unpaired) electrons. The third-order valence-corrected chi connectivity index (χ3v) is 2.61. The number of carbonyl (C=O) groups is 1. The minimum Gasteiger partial charge on any atom is -0.476 e. The molecule has 0 aromatic carbocycles. The van der Waals surface area contributed by atoms with Gasteiger partial charge in [0.15, 0.2) is 5.69 Å². The largest absolute Gasteiger partial charge is 0.476 e. The maximum Gasteiger partial charge on any atom is 0.356 e. The number of aromatic carboxylic acids is 1. The molecule has 0 bridgehead atoms. The van der Waals surface area contributed by atoms with Crippen LogP contribution >= 0.6 is 0 Å². The fraction of sp³-hybridized carbons (Fsp3) is 0.600. The van der Waals surface area contributed by atoms with Gasteiger partial charge in [-0.2, -0.15) is 5.10 Å². The van der Waals surface area contributed by atoms with Crippen LogP contribution in [0.25, 0.3) is 0 Å². The number of hydrogen-bond acceptors (Lipinski definition) is 4. The third kappa shape index (κ3) is 1.94. The van der Waals surface area contributed by atoms with E-state index >= 15 is 0 Å². The Morgan fingerprint density at radius 1 is 1.69 bits per heavy atom. The van der Waals surface area contributed by atoms with Crippen molar-refractivity contribution >= 4 is 5.97 Å². The van der Waals surface area contributed by atoms with E-state index in [-0.39, 0.29) is 5.69 Å². The second kappa shape index (κ2) is 4.63. The molecule has 6 heteroatoms. The van der Waals surface area contributed by atoms with Crippen molar-refractivity contribution in [3.63, 3.8) is 0 Å². The van der Waals surface area contributed by atoms with Gasteiger partial charge in [0.05, 0.1) is 26.4 Å². The number of hydrogen-bond donors (Lipinski definition) is 1. The first-order valence-electron chi connectivity index (χ1n) is 5.12. The standard InChI is InChI=1S/C10H14N2O4/c1-15-5-3-12-8-2-4-16-6-7(8)9(11-12)10(13)14/h2-6H2,1H3,(H,13,14). The Kier molecular flexibility index (Phi) is 3.21. The smallest absolute Gasteiger partial charge is 0.356 e. The zero-order chi connectivity index (χ0) is 11.5. The maximum atomic E-state index is 11.0. The second-order valence-electron chi connectivity index (χ2n) is 3.60. The van der Waals surface area contributed by atoms with E-state index in [2.05, 4.69) is 5.10 Å². The minimum absolute atomic E-state index is 0.103. The Hall–Kier alpha value is -1.40. The fourth-order valence-corrected chi connectivity index (χ4v) is 1.84. The minimum atomic E-state index is -1.00. The SMILES string of the molecule is COCCn1nc(C(=O)O)c2c1CCOC2. The van der Waals surface area contributed by atoms with Crippen LogP contribution in [0, 0.1) is 0 Å². The number of rotatable bonds is 4. The van der Waals surface area contributed by atoms with Gasteiger partial charge >= 0.3 is 5.97 Å². The number of carboxylic acid groups (broad SMARTS) is 1. The molecule has 16 heavy (non-hydrogen) atoms. The van der Waals surface area contributed by atoms with Crippen LogP contribution in [0.5, 0.6) is 0 Å². The van der Waals surface area contributed by atoms with Gasteiger partial charge in [-0.3, -0.25) is 4.68 Å². The molecule has 0 saturated heterocycles. The lowest BCUT2D eigenvalue weighted by atomic mass is 10.1. The summed E-state index contributed by atoms with van der Waals surface area (Å²) in [5.74, 6) is -1.00. The molecule has 88 valence electrons. The van der Waals surface area contributed by atoms with Gasteiger partial charge in [-0.1, -0.05) is 0 Å². The van der Waals surface area contributed by atoms with Gasteiger partial charge in [-0.15, -0.1) is 0 Å². The zero-order valence-corrected chi connectivity index (χ0v) is 9.10. The van der Waals surface area contributed by atoms with Crippen LogP contribution in [-0.2, 0) is 29.0 Å². The average Bonchev–Trinajstić information content (AvgIpc) is 2.65. The first kappa shape index (κ1) is 11.1. The molecule has 0 amide bonds. The normalized spacial score (nSPS) is 14.8. The summed E-state index contributed by atoms with van der Waals surface area (Å²) in [7, 11) is 1.61. The van der Waals surface area contributed by atoms with Crippen molar-refractivity contribution in [1.82, 2.24) is 9.78 Å². The topological polar surface area (TPSA) is 73.6 Å². The number of fused-ring (bicyclic) bond motifs is 1. The molecular formula is C10H14N2O4. The van der Waals surface area contributed by atoms with E-state index < -0.39 is 5.97 Å². The molecule has 1 aromatic rings. The van der Waals surface area contributed by atoms with Crippen LogP contribution in [0.2, 0.25) is 0 Å². The molecule has 0 saturated carbocycles. The summed E-state index contributed by atoms with van der Waals surface area (Å²) < 4.78 is 11.9. The molecule has 1 N–H and O–H groups in total. The van der Waals surface area contributed by atoms with Crippen molar-refractivity contribution in [3.05, 3.63) is 17.0 Å². The van der Waals surface area contributed by atoms with Crippen LogP contribution in [0.3, 0.4) is 0 Å². The van der Waals surface area contributed by atoms with Crippen LogP contribution < -0.4 is 0 Å². The number of methoxy groups -OCH3 is 1.